The smallest absolute Gasteiger partial charge is 0.224 e. The van der Waals surface area contributed by atoms with Crippen LogP contribution in [0.1, 0.15) is 62.6 Å². The van der Waals surface area contributed by atoms with Crippen molar-refractivity contribution < 1.29 is 14.3 Å². The van der Waals surface area contributed by atoms with Crippen LogP contribution >= 0.6 is 0 Å². The number of Topliss-reactive ketones (excluding diaryl/α,β-unsaturated/α-hetero) is 1. The fourth-order valence-corrected chi connectivity index (χ4v) is 5.30. The van der Waals surface area contributed by atoms with Gasteiger partial charge in [-0.2, -0.15) is 0 Å². The fraction of sp³-hybridized carbons (Fsp3) is 0.290. The predicted molar refractivity (Wildman–Crippen MR) is 143 cm³/mol. The van der Waals surface area contributed by atoms with Crippen molar-refractivity contribution in [1.29, 1.82) is 0 Å². The molecule has 0 radical (unpaired) electrons. The number of carbonyl (C=O) groups excluding carboxylic acids is 2. The van der Waals surface area contributed by atoms with Gasteiger partial charge in [-0.25, -0.2) is 0 Å². The van der Waals surface area contributed by atoms with E-state index in [2.05, 4.69) is 24.4 Å². The number of unbranched alkanes of at least 4 members (excludes halogenated alkanes) is 1. The number of hydrogen-bond donors (Lipinski definition) is 1. The maximum atomic E-state index is 13.8. The molecule has 184 valence electrons. The number of nitrogens with one attached hydrogen (secondary N) is 1. The number of para-hydroxylation sites is 2. The van der Waals surface area contributed by atoms with E-state index in [0.29, 0.717) is 25.0 Å². The standard InChI is InChI=1S/C31H32N2O3/c1-3-4-18-36-25-16-14-22(15-17-25)24-19-27-30(29(35)20-24)31(23-10-6-5-7-11-23)33(21(2)34)28-13-9-8-12-26(28)32-27/h5-17,24,31-32H,3-4,18-20H2,1-2H3. The lowest BCUT2D eigenvalue weighted by Gasteiger charge is -2.34. The summed E-state index contributed by atoms with van der Waals surface area (Å²) in [7, 11) is 0. The van der Waals surface area contributed by atoms with Crippen molar-refractivity contribution in [3.63, 3.8) is 0 Å². The summed E-state index contributed by atoms with van der Waals surface area (Å²) in [5.74, 6) is 0.892. The lowest BCUT2D eigenvalue weighted by molar-refractivity contribution is -0.117. The Kier molecular flexibility index (Phi) is 6.90. The van der Waals surface area contributed by atoms with Gasteiger partial charge in [0.15, 0.2) is 5.78 Å². The van der Waals surface area contributed by atoms with Gasteiger partial charge < -0.3 is 10.1 Å². The van der Waals surface area contributed by atoms with Crippen LogP contribution in [0.2, 0.25) is 0 Å². The molecule has 0 bridgehead atoms. The maximum absolute atomic E-state index is 13.8. The molecule has 5 heteroatoms. The third kappa shape index (κ3) is 4.66. The number of anilines is 2. The summed E-state index contributed by atoms with van der Waals surface area (Å²) >= 11 is 0. The average molecular weight is 481 g/mol. The average Bonchev–Trinajstić information content (AvgIpc) is 3.04. The van der Waals surface area contributed by atoms with E-state index in [4.69, 9.17) is 4.74 Å². The molecule has 0 aromatic heterocycles. The summed E-state index contributed by atoms with van der Waals surface area (Å²) in [6, 6.07) is 25.3. The molecule has 1 aliphatic heterocycles. The molecule has 0 saturated heterocycles. The fourth-order valence-electron chi connectivity index (χ4n) is 5.30. The Morgan fingerprint density at radius 1 is 0.944 bits per heavy atom. The van der Waals surface area contributed by atoms with Crippen LogP contribution < -0.4 is 15.0 Å². The van der Waals surface area contributed by atoms with Gasteiger partial charge in [-0.05, 0) is 54.2 Å². The lowest BCUT2D eigenvalue weighted by Crippen LogP contribution is -2.37. The van der Waals surface area contributed by atoms with Crippen molar-refractivity contribution in [3.05, 3.63) is 101 Å². The van der Waals surface area contributed by atoms with Crippen LogP contribution in [0.3, 0.4) is 0 Å². The largest absolute Gasteiger partial charge is 0.494 e. The Morgan fingerprint density at radius 2 is 1.67 bits per heavy atom. The number of hydrogen-bond acceptors (Lipinski definition) is 4. The van der Waals surface area contributed by atoms with E-state index in [9.17, 15) is 9.59 Å². The zero-order valence-corrected chi connectivity index (χ0v) is 20.9. The van der Waals surface area contributed by atoms with Gasteiger partial charge in [-0.3, -0.25) is 14.5 Å². The number of fused-ring (bicyclic) bond motifs is 1. The number of ether oxygens (including phenoxy) is 1. The number of carbonyl (C=O) groups is 2. The molecule has 1 amide bonds. The third-order valence-electron chi connectivity index (χ3n) is 7.06. The Balaban J connectivity index is 1.54. The molecule has 1 heterocycles. The van der Waals surface area contributed by atoms with Gasteiger partial charge >= 0.3 is 0 Å². The minimum absolute atomic E-state index is 0.0564. The lowest BCUT2D eigenvalue weighted by atomic mass is 9.78. The van der Waals surface area contributed by atoms with Crippen LogP contribution in [0.4, 0.5) is 11.4 Å². The highest BCUT2D eigenvalue weighted by atomic mass is 16.5. The molecular weight excluding hydrogens is 448 g/mol. The van der Waals surface area contributed by atoms with E-state index in [1.54, 1.807) is 11.8 Å². The summed E-state index contributed by atoms with van der Waals surface area (Å²) in [6.45, 7) is 4.43. The second kappa shape index (κ2) is 10.4. The molecule has 0 fully saturated rings. The first kappa shape index (κ1) is 23.9. The second-order valence-electron chi connectivity index (χ2n) is 9.54. The van der Waals surface area contributed by atoms with Crippen molar-refractivity contribution in [3.8, 4) is 5.75 Å². The first-order valence-electron chi connectivity index (χ1n) is 12.8. The summed E-state index contributed by atoms with van der Waals surface area (Å²) in [6.07, 6.45) is 3.23. The summed E-state index contributed by atoms with van der Waals surface area (Å²) in [4.78, 5) is 28.7. The van der Waals surface area contributed by atoms with E-state index in [1.807, 2.05) is 66.7 Å². The Labute approximate surface area is 212 Å². The normalized spacial score (nSPS) is 19.2. The van der Waals surface area contributed by atoms with Crippen LogP contribution in [0.25, 0.3) is 0 Å². The van der Waals surface area contributed by atoms with Crippen molar-refractivity contribution >= 4 is 23.1 Å². The quantitative estimate of drug-likeness (QED) is 0.395. The number of allylic oxidation sites excluding steroid dienone is 1. The van der Waals surface area contributed by atoms with Crippen LogP contribution in [0.15, 0.2) is 90.1 Å². The minimum atomic E-state index is -0.474. The SMILES string of the molecule is CCCCOc1ccc(C2CC(=O)C3=C(C2)Nc2ccccc2N(C(C)=O)C3c2ccccc2)cc1. The number of nitrogens with zero attached hydrogens (tertiary/aromatic N) is 1. The summed E-state index contributed by atoms with van der Waals surface area (Å²) < 4.78 is 5.82. The first-order chi connectivity index (χ1) is 17.6. The van der Waals surface area contributed by atoms with E-state index in [0.717, 1.165) is 46.8 Å². The highest BCUT2D eigenvalue weighted by Crippen LogP contribution is 2.47. The molecule has 5 nitrogen and oxygen atoms in total. The Morgan fingerprint density at radius 3 is 2.39 bits per heavy atom. The molecule has 0 saturated carbocycles. The van der Waals surface area contributed by atoms with E-state index < -0.39 is 6.04 Å². The zero-order valence-electron chi connectivity index (χ0n) is 20.9. The van der Waals surface area contributed by atoms with Gasteiger partial charge in [0.1, 0.15) is 5.75 Å². The Bertz CT molecular complexity index is 1280. The number of rotatable bonds is 6. The van der Waals surface area contributed by atoms with Gasteiger partial charge in [0.25, 0.3) is 0 Å². The molecular formula is C31H32N2O3. The highest BCUT2D eigenvalue weighted by molar-refractivity contribution is 6.06. The highest BCUT2D eigenvalue weighted by Gasteiger charge is 2.40. The van der Waals surface area contributed by atoms with E-state index in [-0.39, 0.29) is 17.6 Å². The molecule has 3 aromatic rings. The second-order valence-corrected chi connectivity index (χ2v) is 9.54. The number of ketones is 1. The van der Waals surface area contributed by atoms with Crippen molar-refractivity contribution in [2.24, 2.45) is 0 Å². The summed E-state index contributed by atoms with van der Waals surface area (Å²) in [5, 5.41) is 3.56. The predicted octanol–water partition coefficient (Wildman–Crippen LogP) is 6.79. The third-order valence-corrected chi connectivity index (χ3v) is 7.06. The molecule has 0 spiro atoms. The van der Waals surface area contributed by atoms with Crippen LogP contribution in [-0.4, -0.2) is 18.3 Å². The molecule has 1 N–H and O–H groups in total. The number of amides is 1. The maximum Gasteiger partial charge on any atom is 0.224 e. The first-order valence-corrected chi connectivity index (χ1v) is 12.8. The van der Waals surface area contributed by atoms with E-state index in [1.165, 1.54) is 0 Å². The molecule has 2 atom stereocenters. The molecule has 2 aliphatic rings. The Hall–Kier alpha value is -3.86. The van der Waals surface area contributed by atoms with Gasteiger partial charge in [0, 0.05) is 24.6 Å². The zero-order chi connectivity index (χ0) is 25.1. The molecule has 5 rings (SSSR count). The molecule has 2 unspecified atom stereocenters. The molecule has 3 aromatic carbocycles. The van der Waals surface area contributed by atoms with Gasteiger partial charge in [0.2, 0.25) is 5.91 Å². The van der Waals surface area contributed by atoms with Crippen molar-refractivity contribution in [2.75, 3.05) is 16.8 Å². The van der Waals surface area contributed by atoms with Crippen molar-refractivity contribution in [1.82, 2.24) is 0 Å². The van der Waals surface area contributed by atoms with Gasteiger partial charge in [-0.15, -0.1) is 0 Å². The van der Waals surface area contributed by atoms with Crippen molar-refractivity contribution in [2.45, 2.75) is 51.5 Å². The molecule has 36 heavy (non-hydrogen) atoms. The van der Waals surface area contributed by atoms with Crippen LogP contribution in [0, 0.1) is 0 Å². The molecule has 1 aliphatic carbocycles. The van der Waals surface area contributed by atoms with E-state index >= 15 is 0 Å². The van der Waals surface area contributed by atoms with Crippen LogP contribution in [-0.2, 0) is 9.59 Å². The minimum Gasteiger partial charge on any atom is -0.494 e. The number of benzene rings is 3. The topological polar surface area (TPSA) is 58.6 Å². The monoisotopic (exact) mass is 480 g/mol. The van der Waals surface area contributed by atoms with Gasteiger partial charge in [-0.1, -0.05) is 67.9 Å². The van der Waals surface area contributed by atoms with Gasteiger partial charge in [0.05, 0.1) is 24.0 Å². The van der Waals surface area contributed by atoms with Crippen LogP contribution in [0.5, 0.6) is 5.75 Å². The summed E-state index contributed by atoms with van der Waals surface area (Å²) in [5.41, 5.74) is 5.25.